The molecule has 0 aliphatic carbocycles. The summed E-state index contributed by atoms with van der Waals surface area (Å²) >= 11 is 0. The van der Waals surface area contributed by atoms with Crippen molar-refractivity contribution in [1.82, 2.24) is 0 Å². The first-order chi connectivity index (χ1) is 4.48. The Balaban J connectivity index is 3.63. The molecule has 0 aromatic rings. The van der Waals surface area contributed by atoms with E-state index < -0.39 is 5.67 Å². The second-order valence-corrected chi connectivity index (χ2v) is 3.76. The van der Waals surface area contributed by atoms with Gasteiger partial charge in [-0.15, -0.1) is 0 Å². The van der Waals surface area contributed by atoms with Crippen LogP contribution in [0.4, 0.5) is 4.39 Å². The van der Waals surface area contributed by atoms with Crippen LogP contribution in [0.15, 0.2) is 0 Å². The standard InChI is InChI=1S/C9H19F/c1-5-6-9(4,10)7-8(2)3/h8H,5-7H2,1-4H3/t9-/m0/s1. The average Bonchev–Trinajstić information content (AvgIpc) is 1.59. The van der Waals surface area contributed by atoms with E-state index >= 15 is 0 Å². The number of hydrogen-bond donors (Lipinski definition) is 0. The largest absolute Gasteiger partial charge is 0.244 e. The molecule has 62 valence electrons. The van der Waals surface area contributed by atoms with E-state index in [1.54, 1.807) is 6.92 Å². The molecule has 0 saturated heterocycles. The van der Waals surface area contributed by atoms with Crippen LogP contribution in [-0.4, -0.2) is 5.67 Å². The second kappa shape index (κ2) is 3.95. The van der Waals surface area contributed by atoms with E-state index in [-0.39, 0.29) is 0 Å². The molecule has 0 fully saturated rings. The molecule has 0 aliphatic heterocycles. The Kier molecular flexibility index (Phi) is 3.92. The fraction of sp³-hybridized carbons (Fsp3) is 1.00. The number of rotatable bonds is 4. The van der Waals surface area contributed by atoms with Crippen LogP contribution in [-0.2, 0) is 0 Å². The van der Waals surface area contributed by atoms with Gasteiger partial charge in [-0.25, -0.2) is 4.39 Å². The second-order valence-electron chi connectivity index (χ2n) is 3.76. The van der Waals surface area contributed by atoms with Gasteiger partial charge in [-0.3, -0.25) is 0 Å². The Bertz CT molecular complexity index is 84.7. The third kappa shape index (κ3) is 4.78. The van der Waals surface area contributed by atoms with Gasteiger partial charge < -0.3 is 0 Å². The van der Waals surface area contributed by atoms with Crippen LogP contribution in [0.25, 0.3) is 0 Å². The van der Waals surface area contributed by atoms with Crippen molar-refractivity contribution in [3.8, 4) is 0 Å². The number of halogens is 1. The molecule has 0 spiro atoms. The smallest absolute Gasteiger partial charge is 0.108 e. The molecule has 0 radical (unpaired) electrons. The molecule has 0 rings (SSSR count). The molecule has 1 heteroatoms. The van der Waals surface area contributed by atoms with Crippen LogP contribution in [0, 0.1) is 5.92 Å². The molecule has 10 heavy (non-hydrogen) atoms. The van der Waals surface area contributed by atoms with Gasteiger partial charge in [0.1, 0.15) is 5.67 Å². The lowest BCUT2D eigenvalue weighted by molar-refractivity contribution is 0.140. The fourth-order valence-corrected chi connectivity index (χ4v) is 1.47. The first-order valence-electron chi connectivity index (χ1n) is 4.17. The Morgan fingerprint density at radius 1 is 1.40 bits per heavy atom. The minimum atomic E-state index is -0.928. The van der Waals surface area contributed by atoms with E-state index in [1.807, 2.05) is 6.92 Å². The van der Waals surface area contributed by atoms with Crippen molar-refractivity contribution in [3.63, 3.8) is 0 Å². The van der Waals surface area contributed by atoms with E-state index in [1.165, 1.54) is 0 Å². The zero-order chi connectivity index (χ0) is 8.20. The van der Waals surface area contributed by atoms with Crippen molar-refractivity contribution in [2.45, 2.75) is 52.6 Å². The molecule has 0 aromatic carbocycles. The van der Waals surface area contributed by atoms with E-state index in [0.717, 1.165) is 6.42 Å². The van der Waals surface area contributed by atoms with Crippen LogP contribution in [0.1, 0.15) is 47.0 Å². The summed E-state index contributed by atoms with van der Waals surface area (Å²) in [6.07, 6.45) is 2.34. The highest BCUT2D eigenvalue weighted by atomic mass is 19.1. The Morgan fingerprint density at radius 2 is 1.90 bits per heavy atom. The SMILES string of the molecule is CCC[C@](C)(F)CC(C)C. The Labute approximate surface area is 63.8 Å². The van der Waals surface area contributed by atoms with Gasteiger partial charge in [0.25, 0.3) is 0 Å². The maximum atomic E-state index is 13.3. The van der Waals surface area contributed by atoms with Crippen LogP contribution >= 0.6 is 0 Å². The minimum absolute atomic E-state index is 0.474. The predicted molar refractivity (Wildman–Crippen MR) is 43.9 cm³/mol. The monoisotopic (exact) mass is 146 g/mol. The summed E-state index contributed by atoms with van der Waals surface area (Å²) < 4.78 is 13.3. The molecule has 1 atom stereocenters. The summed E-state index contributed by atoms with van der Waals surface area (Å²) in [6.45, 7) is 7.86. The lowest BCUT2D eigenvalue weighted by Gasteiger charge is -2.21. The van der Waals surface area contributed by atoms with Gasteiger partial charge in [0.15, 0.2) is 0 Å². The highest BCUT2D eigenvalue weighted by Crippen LogP contribution is 2.25. The van der Waals surface area contributed by atoms with Crippen LogP contribution in [0.2, 0.25) is 0 Å². The third-order valence-corrected chi connectivity index (χ3v) is 1.61. The van der Waals surface area contributed by atoms with Crippen molar-refractivity contribution in [3.05, 3.63) is 0 Å². The predicted octanol–water partition coefficient (Wildman–Crippen LogP) is 3.56. The first kappa shape index (κ1) is 9.93. The van der Waals surface area contributed by atoms with Gasteiger partial charge in [-0.1, -0.05) is 27.2 Å². The third-order valence-electron chi connectivity index (χ3n) is 1.61. The molecule has 0 heterocycles. The fourth-order valence-electron chi connectivity index (χ4n) is 1.47. The van der Waals surface area contributed by atoms with Crippen LogP contribution < -0.4 is 0 Å². The van der Waals surface area contributed by atoms with E-state index in [0.29, 0.717) is 18.8 Å². The molecule has 0 aliphatic rings. The normalized spacial score (nSPS) is 17.4. The zero-order valence-electron chi connectivity index (χ0n) is 7.58. The molecular formula is C9H19F. The maximum Gasteiger partial charge on any atom is 0.108 e. The summed E-state index contributed by atoms with van der Waals surface area (Å²) in [4.78, 5) is 0. The van der Waals surface area contributed by atoms with Crippen LogP contribution in [0.3, 0.4) is 0 Å². The lowest BCUT2D eigenvalue weighted by atomic mass is 9.92. The highest BCUT2D eigenvalue weighted by molar-refractivity contribution is 4.73. The topological polar surface area (TPSA) is 0 Å². The van der Waals surface area contributed by atoms with Crippen molar-refractivity contribution in [1.29, 1.82) is 0 Å². The highest BCUT2D eigenvalue weighted by Gasteiger charge is 2.22. The maximum absolute atomic E-state index is 13.3. The van der Waals surface area contributed by atoms with Gasteiger partial charge in [-0.2, -0.15) is 0 Å². The average molecular weight is 146 g/mol. The van der Waals surface area contributed by atoms with Crippen molar-refractivity contribution >= 4 is 0 Å². The Morgan fingerprint density at radius 3 is 2.20 bits per heavy atom. The zero-order valence-corrected chi connectivity index (χ0v) is 7.58. The van der Waals surface area contributed by atoms with Gasteiger partial charge >= 0.3 is 0 Å². The quantitative estimate of drug-likeness (QED) is 0.569. The lowest BCUT2D eigenvalue weighted by Crippen LogP contribution is -2.19. The molecule has 0 bridgehead atoms. The van der Waals surface area contributed by atoms with E-state index in [4.69, 9.17) is 0 Å². The minimum Gasteiger partial charge on any atom is -0.244 e. The summed E-state index contributed by atoms with van der Waals surface area (Å²) in [5.41, 5.74) is -0.928. The summed E-state index contributed by atoms with van der Waals surface area (Å²) in [7, 11) is 0. The molecule has 0 nitrogen and oxygen atoms in total. The van der Waals surface area contributed by atoms with Crippen molar-refractivity contribution in [2.75, 3.05) is 0 Å². The van der Waals surface area contributed by atoms with Crippen LogP contribution in [0.5, 0.6) is 0 Å². The first-order valence-corrected chi connectivity index (χ1v) is 4.17. The van der Waals surface area contributed by atoms with E-state index in [9.17, 15) is 4.39 Å². The number of alkyl halides is 1. The number of hydrogen-bond acceptors (Lipinski definition) is 0. The summed E-state index contributed by atoms with van der Waals surface area (Å²) in [6, 6.07) is 0. The molecular weight excluding hydrogens is 127 g/mol. The van der Waals surface area contributed by atoms with E-state index in [2.05, 4.69) is 13.8 Å². The summed E-state index contributed by atoms with van der Waals surface area (Å²) in [5, 5.41) is 0. The van der Waals surface area contributed by atoms with Gasteiger partial charge in [0, 0.05) is 0 Å². The van der Waals surface area contributed by atoms with Gasteiger partial charge in [0.05, 0.1) is 0 Å². The van der Waals surface area contributed by atoms with Gasteiger partial charge in [-0.05, 0) is 25.7 Å². The molecule has 0 N–H and O–H groups in total. The van der Waals surface area contributed by atoms with Gasteiger partial charge in [0.2, 0.25) is 0 Å². The molecule has 0 saturated carbocycles. The summed E-state index contributed by atoms with van der Waals surface area (Å²) in [5.74, 6) is 0.474. The Hall–Kier alpha value is -0.0700. The van der Waals surface area contributed by atoms with Crippen molar-refractivity contribution < 1.29 is 4.39 Å². The molecule has 0 unspecified atom stereocenters. The molecule has 0 amide bonds. The van der Waals surface area contributed by atoms with Crippen molar-refractivity contribution in [2.24, 2.45) is 5.92 Å². The molecule has 0 aromatic heterocycles.